The molecule has 8 atom stereocenters. The Kier molecular flexibility index (Phi) is 10.9. The quantitative estimate of drug-likeness (QED) is 0.130. The summed E-state index contributed by atoms with van der Waals surface area (Å²) in [4.78, 5) is 69.1. The molecule has 3 saturated carbocycles. The number of allylic oxidation sites excluding steroid dienone is 4. The van der Waals surface area contributed by atoms with Crippen molar-refractivity contribution in [2.75, 3.05) is 18.5 Å². The van der Waals surface area contributed by atoms with Gasteiger partial charge in [0.05, 0.1) is 23.1 Å². The van der Waals surface area contributed by atoms with Crippen molar-refractivity contribution in [2.45, 2.75) is 70.2 Å². The van der Waals surface area contributed by atoms with Crippen LogP contribution in [-0.2, 0) is 30.5 Å². The van der Waals surface area contributed by atoms with Crippen LogP contribution in [0.15, 0.2) is 109 Å². The lowest BCUT2D eigenvalue weighted by Gasteiger charge is -2.59. The van der Waals surface area contributed by atoms with Crippen molar-refractivity contribution in [1.29, 1.82) is 0 Å². The van der Waals surface area contributed by atoms with Gasteiger partial charge in [-0.25, -0.2) is 9.59 Å². The fourth-order valence-corrected chi connectivity index (χ4v) is 10.7. The predicted octanol–water partition coefficient (Wildman–Crippen LogP) is 6.01. The molecule has 4 aliphatic rings. The third-order valence-corrected chi connectivity index (χ3v) is 14.0. The van der Waals surface area contributed by atoms with Crippen LogP contribution in [0.5, 0.6) is 0 Å². The van der Waals surface area contributed by atoms with Gasteiger partial charge in [0, 0.05) is 46.8 Å². The Morgan fingerprint density at radius 1 is 0.933 bits per heavy atom. The average Bonchev–Trinajstić information content (AvgIpc) is 3.52. The number of rotatable bonds is 11. The van der Waals surface area contributed by atoms with Crippen molar-refractivity contribution in [3.05, 3.63) is 131 Å². The lowest BCUT2D eigenvalue weighted by atomic mass is 9.46. The van der Waals surface area contributed by atoms with E-state index in [4.69, 9.17) is 15.2 Å². The van der Waals surface area contributed by atoms with Gasteiger partial charge in [-0.05, 0) is 115 Å². The first kappa shape index (κ1) is 40.9. The first-order chi connectivity index (χ1) is 28.7. The van der Waals surface area contributed by atoms with E-state index in [1.807, 2.05) is 37.3 Å². The lowest BCUT2D eigenvalue weighted by Crippen LogP contribution is -2.61. The van der Waals surface area contributed by atoms with Crippen molar-refractivity contribution in [1.82, 2.24) is 4.98 Å². The molecule has 0 spiro atoms. The van der Waals surface area contributed by atoms with E-state index in [-0.39, 0.29) is 66.6 Å². The number of anilines is 1. The summed E-state index contributed by atoms with van der Waals surface area (Å²) in [6.45, 7) is 3.36. The van der Waals surface area contributed by atoms with E-state index in [2.05, 4.69) is 17.2 Å². The highest BCUT2D eigenvalue weighted by atomic mass is 16.5. The number of ether oxygens (including phenoxy) is 2. The Hall–Kier alpha value is -5.82. The SMILES string of the molecule is C[C@]12C=CC(=O)C=C1CC[C@@H]1[C@@H]2[C@@H](O)C[C@@]2(C)[C@H]1CC[C@]2(O)C(=O)COC(=O)c1ccc(C(=O)OCc2ccc([C@@H](CN)C(=O)Nc3ccc4cnccc4c3)cc2)cc1. The molecule has 0 unspecified atom stereocenters. The van der Waals surface area contributed by atoms with Crippen molar-refractivity contribution >= 4 is 45.9 Å². The monoisotopic (exact) mass is 811 g/mol. The number of esters is 2. The van der Waals surface area contributed by atoms with Crippen LogP contribution >= 0.6 is 0 Å². The van der Waals surface area contributed by atoms with Crippen LogP contribution in [0, 0.1) is 28.6 Å². The second kappa shape index (κ2) is 16.0. The number of hydrogen-bond donors (Lipinski definition) is 4. The van der Waals surface area contributed by atoms with Crippen LogP contribution in [0.2, 0.25) is 0 Å². The third-order valence-electron chi connectivity index (χ3n) is 14.0. The lowest BCUT2D eigenvalue weighted by molar-refractivity contribution is -0.178. The minimum Gasteiger partial charge on any atom is -0.457 e. The number of ketones is 2. The largest absolute Gasteiger partial charge is 0.457 e. The molecule has 12 heteroatoms. The maximum absolute atomic E-state index is 13.7. The summed E-state index contributed by atoms with van der Waals surface area (Å²) in [5.74, 6) is -3.02. The van der Waals surface area contributed by atoms with E-state index >= 15 is 0 Å². The highest BCUT2D eigenvalue weighted by molar-refractivity contribution is 6.01. The Morgan fingerprint density at radius 2 is 1.65 bits per heavy atom. The van der Waals surface area contributed by atoms with Gasteiger partial charge in [-0.1, -0.05) is 55.8 Å². The Labute approximate surface area is 347 Å². The summed E-state index contributed by atoms with van der Waals surface area (Å²) in [5.41, 5.74) is 6.23. The number of aliphatic hydroxyl groups is 2. The summed E-state index contributed by atoms with van der Waals surface area (Å²) in [6.07, 6.45) is 10.3. The molecule has 60 heavy (non-hydrogen) atoms. The first-order valence-electron chi connectivity index (χ1n) is 20.5. The molecule has 3 fully saturated rings. The number of carbonyl (C=O) groups is 5. The van der Waals surface area contributed by atoms with Crippen LogP contribution in [0.3, 0.4) is 0 Å². The van der Waals surface area contributed by atoms with Crippen LogP contribution < -0.4 is 11.1 Å². The molecule has 310 valence electrons. The van der Waals surface area contributed by atoms with Gasteiger partial charge in [0.1, 0.15) is 12.2 Å². The summed E-state index contributed by atoms with van der Waals surface area (Å²) < 4.78 is 10.9. The van der Waals surface area contributed by atoms with Crippen molar-refractivity contribution in [3.8, 4) is 0 Å². The second-order valence-corrected chi connectivity index (χ2v) is 17.2. The number of hydrogen-bond acceptors (Lipinski definition) is 11. The van der Waals surface area contributed by atoms with Crippen molar-refractivity contribution in [3.63, 3.8) is 0 Å². The minimum absolute atomic E-state index is 0.0334. The van der Waals surface area contributed by atoms with Gasteiger partial charge in [-0.3, -0.25) is 19.4 Å². The molecular formula is C48H49N3O9. The van der Waals surface area contributed by atoms with Gasteiger partial charge >= 0.3 is 11.9 Å². The number of carbonyl (C=O) groups excluding carboxylic acids is 5. The zero-order valence-electron chi connectivity index (χ0n) is 33.6. The average molecular weight is 812 g/mol. The number of nitrogens with zero attached hydrogens (tertiary/aromatic N) is 1. The van der Waals surface area contributed by atoms with Crippen LogP contribution in [0.1, 0.15) is 83.7 Å². The van der Waals surface area contributed by atoms with Gasteiger partial charge < -0.3 is 30.7 Å². The minimum atomic E-state index is -1.79. The fraction of sp³-hybridized carbons (Fsp3) is 0.375. The van der Waals surface area contributed by atoms with Gasteiger partial charge in [-0.15, -0.1) is 0 Å². The number of nitrogens with two attached hydrogens (primary N) is 1. The normalized spacial score (nSPS) is 28.4. The van der Waals surface area contributed by atoms with Crippen LogP contribution in [0.4, 0.5) is 5.69 Å². The maximum atomic E-state index is 13.7. The molecule has 5 N–H and O–H groups in total. The molecule has 0 saturated heterocycles. The molecule has 1 amide bonds. The van der Waals surface area contributed by atoms with Gasteiger partial charge in [0.2, 0.25) is 11.7 Å². The van der Waals surface area contributed by atoms with Crippen molar-refractivity contribution < 1.29 is 43.7 Å². The highest BCUT2D eigenvalue weighted by Gasteiger charge is 2.68. The van der Waals surface area contributed by atoms with Crippen LogP contribution in [-0.4, -0.2) is 69.5 Å². The maximum Gasteiger partial charge on any atom is 0.338 e. The topological polar surface area (TPSA) is 195 Å². The molecule has 3 aromatic carbocycles. The number of pyridine rings is 1. The second-order valence-electron chi connectivity index (χ2n) is 17.2. The van der Waals surface area contributed by atoms with E-state index < -0.39 is 52.8 Å². The number of Topliss-reactive ketones (excluding diaryl/α,β-unsaturated/α-hetero) is 1. The van der Waals surface area contributed by atoms with Gasteiger partial charge in [0.25, 0.3) is 0 Å². The number of amides is 1. The zero-order chi connectivity index (χ0) is 42.4. The van der Waals surface area contributed by atoms with E-state index in [1.54, 1.807) is 48.8 Å². The predicted molar refractivity (Wildman–Crippen MR) is 222 cm³/mol. The third kappa shape index (κ3) is 7.26. The molecule has 4 aromatic rings. The fourth-order valence-electron chi connectivity index (χ4n) is 10.7. The number of fused-ring (bicyclic) bond motifs is 6. The molecule has 12 nitrogen and oxygen atoms in total. The standard InChI is InChI=1S/C48H49N3O9/c1-46-18-15-36(52)22-34(46)12-14-37-39-16-19-48(58,47(39,2)23-40(53)42(37)46)41(54)27-60-45(57)31-9-7-30(8-10-31)44(56)59-26-28-3-5-29(6-4-28)38(24-49)43(55)51-35-13-11-33-25-50-20-17-32(33)21-35/h3-11,13,15,17-18,20-22,25,37-40,42,53,58H,12,14,16,19,23-24,26-27,49H2,1-2H3,(H,51,55)/t37-,38+,39-,40-,42+,46-,47-,48-/m0/s1. The van der Waals surface area contributed by atoms with E-state index in [0.717, 1.165) is 22.8 Å². The molecular weight excluding hydrogens is 763 g/mol. The number of nitrogens with one attached hydrogen (secondary N) is 1. The molecule has 0 bridgehead atoms. The Morgan fingerprint density at radius 3 is 2.37 bits per heavy atom. The van der Waals surface area contributed by atoms with E-state index in [1.165, 1.54) is 24.3 Å². The Balaban J connectivity index is 0.830. The molecule has 0 aliphatic heterocycles. The van der Waals surface area contributed by atoms with Gasteiger partial charge in [-0.2, -0.15) is 0 Å². The summed E-state index contributed by atoms with van der Waals surface area (Å²) in [7, 11) is 0. The summed E-state index contributed by atoms with van der Waals surface area (Å²) in [5, 5.41) is 28.5. The Bertz CT molecular complexity index is 2430. The molecule has 8 rings (SSSR count). The van der Waals surface area contributed by atoms with E-state index in [0.29, 0.717) is 29.7 Å². The van der Waals surface area contributed by atoms with Crippen molar-refractivity contribution in [2.24, 2.45) is 34.3 Å². The molecule has 0 radical (unpaired) electrons. The highest BCUT2D eigenvalue weighted by Crippen LogP contribution is 2.67. The summed E-state index contributed by atoms with van der Waals surface area (Å²) >= 11 is 0. The number of aliphatic hydroxyl groups excluding tert-OH is 1. The first-order valence-corrected chi connectivity index (χ1v) is 20.5. The smallest absolute Gasteiger partial charge is 0.338 e. The zero-order valence-corrected chi connectivity index (χ0v) is 33.6. The molecule has 1 heterocycles. The number of aromatic nitrogens is 1. The number of benzene rings is 3. The van der Waals surface area contributed by atoms with E-state index in [9.17, 15) is 34.2 Å². The summed E-state index contributed by atoms with van der Waals surface area (Å²) in [6, 6.07) is 20.2. The van der Waals surface area contributed by atoms with Crippen LogP contribution in [0.25, 0.3) is 10.8 Å². The molecule has 1 aromatic heterocycles. The molecule has 4 aliphatic carbocycles. The van der Waals surface area contributed by atoms with Gasteiger partial charge in [0.15, 0.2) is 12.4 Å².